The molecule has 2 amide bonds. The maximum atomic E-state index is 11.8. The van der Waals surface area contributed by atoms with Gasteiger partial charge in [0.25, 0.3) is 0 Å². The Morgan fingerprint density at radius 1 is 1.05 bits per heavy atom. The van der Waals surface area contributed by atoms with Crippen molar-refractivity contribution in [1.29, 1.82) is 0 Å². The number of carboxylic acid groups (broad SMARTS) is 1. The lowest BCUT2D eigenvalue weighted by atomic mass is 10.2. The zero-order valence-corrected chi connectivity index (χ0v) is 12.9. The van der Waals surface area contributed by atoms with Gasteiger partial charge < -0.3 is 15.7 Å². The molecule has 0 spiro atoms. The third-order valence-electron chi connectivity index (χ3n) is 2.98. The summed E-state index contributed by atoms with van der Waals surface area (Å²) in [6, 6.07) is 6.92. The first-order chi connectivity index (χ1) is 10.4. The van der Waals surface area contributed by atoms with Gasteiger partial charge in [-0.1, -0.05) is 19.9 Å². The highest BCUT2D eigenvalue weighted by molar-refractivity contribution is 5.94. The number of nitrogens with one attached hydrogen (secondary N) is 2. The number of carbonyl (C=O) groups excluding carboxylic acids is 2. The third kappa shape index (κ3) is 6.88. The summed E-state index contributed by atoms with van der Waals surface area (Å²) in [5.74, 6) is -1.23. The Bertz CT molecular complexity index is 541. The number of carboxylic acids is 1. The number of anilines is 2. The average molecular weight is 306 g/mol. The third-order valence-corrected chi connectivity index (χ3v) is 2.98. The van der Waals surface area contributed by atoms with Crippen LogP contribution in [0.15, 0.2) is 24.3 Å². The number of carbonyl (C=O) groups is 3. The van der Waals surface area contributed by atoms with Gasteiger partial charge in [-0.05, 0) is 31.0 Å². The number of aliphatic carboxylic acids is 1. The van der Waals surface area contributed by atoms with Crippen molar-refractivity contribution >= 4 is 29.2 Å². The predicted molar refractivity (Wildman–Crippen MR) is 84.6 cm³/mol. The van der Waals surface area contributed by atoms with Crippen LogP contribution in [-0.2, 0) is 14.4 Å². The summed E-state index contributed by atoms with van der Waals surface area (Å²) in [4.78, 5) is 33.8. The minimum atomic E-state index is -0.853. The first-order valence-corrected chi connectivity index (χ1v) is 7.31. The molecule has 0 bridgehead atoms. The molecule has 1 aromatic rings. The number of unbranched alkanes of at least 4 members (excludes halogenated alkanes) is 1. The fourth-order valence-electron chi connectivity index (χ4n) is 1.75. The van der Waals surface area contributed by atoms with Crippen LogP contribution in [-0.4, -0.2) is 22.9 Å². The van der Waals surface area contributed by atoms with Crippen LogP contribution in [0.2, 0.25) is 0 Å². The molecular weight excluding hydrogens is 284 g/mol. The summed E-state index contributed by atoms with van der Waals surface area (Å²) in [7, 11) is 0. The van der Waals surface area contributed by atoms with Gasteiger partial charge in [-0.2, -0.15) is 0 Å². The first-order valence-electron chi connectivity index (χ1n) is 7.31. The van der Waals surface area contributed by atoms with Crippen LogP contribution >= 0.6 is 0 Å². The SMILES string of the molecule is CC(C)C(=O)Nc1cccc(NC(=O)CCCCC(=O)O)c1. The number of benzene rings is 1. The summed E-state index contributed by atoms with van der Waals surface area (Å²) in [6.07, 6.45) is 1.36. The Hall–Kier alpha value is -2.37. The summed E-state index contributed by atoms with van der Waals surface area (Å²) < 4.78 is 0. The van der Waals surface area contributed by atoms with E-state index in [4.69, 9.17) is 5.11 Å². The van der Waals surface area contributed by atoms with E-state index in [0.717, 1.165) is 0 Å². The van der Waals surface area contributed by atoms with Gasteiger partial charge in [0, 0.05) is 30.1 Å². The second-order valence-corrected chi connectivity index (χ2v) is 5.37. The highest BCUT2D eigenvalue weighted by Gasteiger charge is 2.08. The first kappa shape index (κ1) is 17.7. The van der Waals surface area contributed by atoms with Crippen LogP contribution in [0.1, 0.15) is 39.5 Å². The van der Waals surface area contributed by atoms with Crippen LogP contribution in [0, 0.1) is 5.92 Å². The predicted octanol–water partition coefficient (Wildman–Crippen LogP) is 2.86. The Morgan fingerprint density at radius 2 is 1.64 bits per heavy atom. The number of hydrogen-bond acceptors (Lipinski definition) is 3. The van der Waals surface area contributed by atoms with E-state index in [9.17, 15) is 14.4 Å². The zero-order valence-electron chi connectivity index (χ0n) is 12.9. The highest BCUT2D eigenvalue weighted by Crippen LogP contribution is 2.16. The molecule has 6 heteroatoms. The van der Waals surface area contributed by atoms with Crippen molar-refractivity contribution in [2.45, 2.75) is 39.5 Å². The van der Waals surface area contributed by atoms with Crippen molar-refractivity contribution in [3.63, 3.8) is 0 Å². The second kappa shape index (κ2) is 8.81. The van der Waals surface area contributed by atoms with Gasteiger partial charge in [-0.3, -0.25) is 14.4 Å². The van der Waals surface area contributed by atoms with E-state index in [1.807, 2.05) is 0 Å². The molecule has 0 unspecified atom stereocenters. The molecule has 0 radical (unpaired) electrons. The van der Waals surface area contributed by atoms with Crippen LogP contribution in [0.25, 0.3) is 0 Å². The fourth-order valence-corrected chi connectivity index (χ4v) is 1.75. The van der Waals surface area contributed by atoms with E-state index in [2.05, 4.69) is 10.6 Å². The summed E-state index contributed by atoms with van der Waals surface area (Å²) >= 11 is 0. The standard InChI is InChI=1S/C16H22N2O4/c1-11(2)16(22)18-13-7-5-6-12(10-13)17-14(19)8-3-4-9-15(20)21/h5-7,10-11H,3-4,8-9H2,1-2H3,(H,17,19)(H,18,22)(H,20,21). The molecule has 0 aliphatic heterocycles. The topological polar surface area (TPSA) is 95.5 Å². The van der Waals surface area contributed by atoms with Crippen LogP contribution in [0.4, 0.5) is 11.4 Å². The van der Waals surface area contributed by atoms with Crippen molar-refractivity contribution in [2.24, 2.45) is 5.92 Å². The summed E-state index contributed by atoms with van der Waals surface area (Å²) in [6.45, 7) is 3.61. The molecular formula is C16H22N2O4. The molecule has 0 aromatic heterocycles. The molecule has 1 aromatic carbocycles. The van der Waals surface area contributed by atoms with E-state index in [0.29, 0.717) is 24.2 Å². The molecule has 0 aliphatic rings. The van der Waals surface area contributed by atoms with Crippen molar-refractivity contribution < 1.29 is 19.5 Å². The van der Waals surface area contributed by atoms with Gasteiger partial charge in [-0.15, -0.1) is 0 Å². The lowest BCUT2D eigenvalue weighted by molar-refractivity contribution is -0.137. The van der Waals surface area contributed by atoms with Crippen LogP contribution in [0.3, 0.4) is 0 Å². The molecule has 22 heavy (non-hydrogen) atoms. The molecule has 0 fully saturated rings. The minimum Gasteiger partial charge on any atom is -0.481 e. The molecule has 6 nitrogen and oxygen atoms in total. The Morgan fingerprint density at radius 3 is 2.23 bits per heavy atom. The summed E-state index contributed by atoms with van der Waals surface area (Å²) in [5, 5.41) is 14.0. The lowest BCUT2D eigenvalue weighted by Gasteiger charge is -2.10. The average Bonchev–Trinajstić information content (AvgIpc) is 2.43. The quantitative estimate of drug-likeness (QED) is 0.643. The molecule has 0 saturated carbocycles. The molecule has 3 N–H and O–H groups in total. The van der Waals surface area contributed by atoms with Gasteiger partial charge in [-0.25, -0.2) is 0 Å². The maximum Gasteiger partial charge on any atom is 0.303 e. The molecule has 0 saturated heterocycles. The van der Waals surface area contributed by atoms with Gasteiger partial charge >= 0.3 is 5.97 Å². The fraction of sp³-hybridized carbons (Fsp3) is 0.438. The van der Waals surface area contributed by atoms with E-state index >= 15 is 0 Å². The normalized spacial score (nSPS) is 10.3. The highest BCUT2D eigenvalue weighted by atomic mass is 16.4. The Kier molecular flexibility index (Phi) is 7.08. The van der Waals surface area contributed by atoms with E-state index in [-0.39, 0.29) is 30.6 Å². The van der Waals surface area contributed by atoms with Crippen LogP contribution < -0.4 is 10.6 Å². The minimum absolute atomic E-state index is 0.0734. The number of amides is 2. The largest absolute Gasteiger partial charge is 0.481 e. The van der Waals surface area contributed by atoms with E-state index in [1.165, 1.54) is 0 Å². The van der Waals surface area contributed by atoms with Crippen molar-refractivity contribution in [3.8, 4) is 0 Å². The second-order valence-electron chi connectivity index (χ2n) is 5.37. The van der Waals surface area contributed by atoms with Gasteiger partial charge in [0.2, 0.25) is 11.8 Å². The Labute approximate surface area is 129 Å². The van der Waals surface area contributed by atoms with Crippen molar-refractivity contribution in [3.05, 3.63) is 24.3 Å². The molecule has 1 rings (SSSR count). The van der Waals surface area contributed by atoms with Gasteiger partial charge in [0.1, 0.15) is 0 Å². The van der Waals surface area contributed by atoms with E-state index in [1.54, 1.807) is 38.1 Å². The monoisotopic (exact) mass is 306 g/mol. The maximum absolute atomic E-state index is 11.8. The zero-order chi connectivity index (χ0) is 16.5. The van der Waals surface area contributed by atoms with Crippen molar-refractivity contribution in [1.82, 2.24) is 0 Å². The van der Waals surface area contributed by atoms with E-state index < -0.39 is 5.97 Å². The van der Waals surface area contributed by atoms with Crippen LogP contribution in [0.5, 0.6) is 0 Å². The number of hydrogen-bond donors (Lipinski definition) is 3. The smallest absolute Gasteiger partial charge is 0.303 e. The lowest BCUT2D eigenvalue weighted by Crippen LogP contribution is -2.18. The molecule has 0 atom stereocenters. The summed E-state index contributed by atoms with van der Waals surface area (Å²) in [5.41, 5.74) is 1.23. The Balaban J connectivity index is 2.47. The van der Waals surface area contributed by atoms with Crippen molar-refractivity contribution in [2.75, 3.05) is 10.6 Å². The van der Waals surface area contributed by atoms with Gasteiger partial charge in [0.15, 0.2) is 0 Å². The molecule has 0 aliphatic carbocycles. The number of rotatable bonds is 8. The van der Waals surface area contributed by atoms with Gasteiger partial charge in [0.05, 0.1) is 0 Å². The molecule has 120 valence electrons. The molecule has 0 heterocycles.